The minimum absolute atomic E-state index is 0.0234. The van der Waals surface area contributed by atoms with Gasteiger partial charge in [0.05, 0.1) is 19.3 Å². The number of carbonyl (C=O) groups is 1. The maximum Gasteiger partial charge on any atom is 0.191 e. The minimum atomic E-state index is -0.152. The number of aliphatic hydroxyl groups is 1. The van der Waals surface area contributed by atoms with E-state index in [4.69, 9.17) is 4.74 Å². The second-order valence-electron chi connectivity index (χ2n) is 6.96. The molecule has 130 valence electrons. The molecule has 0 fully saturated rings. The Balaban J connectivity index is 2.06. The van der Waals surface area contributed by atoms with Gasteiger partial charge in [0.1, 0.15) is 5.75 Å². The van der Waals surface area contributed by atoms with E-state index in [0.717, 1.165) is 23.2 Å². The topological polar surface area (TPSA) is 58.6 Å². The fourth-order valence-electron chi connectivity index (χ4n) is 3.25. The van der Waals surface area contributed by atoms with Crippen LogP contribution in [-0.4, -0.2) is 23.5 Å². The van der Waals surface area contributed by atoms with Crippen LogP contribution >= 0.6 is 0 Å². The molecule has 1 heterocycles. The number of aliphatic hydroxyl groups excluding tert-OH is 1. The summed E-state index contributed by atoms with van der Waals surface area (Å²) in [5, 5.41) is 12.9. The number of hydrogen-bond acceptors (Lipinski definition) is 4. The van der Waals surface area contributed by atoms with Gasteiger partial charge in [-0.3, -0.25) is 4.79 Å². The van der Waals surface area contributed by atoms with Crippen molar-refractivity contribution in [3.8, 4) is 5.75 Å². The number of allylic oxidation sites excluding steroid dienone is 1. The van der Waals surface area contributed by atoms with Gasteiger partial charge >= 0.3 is 0 Å². The fourth-order valence-corrected chi connectivity index (χ4v) is 3.25. The van der Waals surface area contributed by atoms with Gasteiger partial charge in [-0.15, -0.1) is 0 Å². The summed E-state index contributed by atoms with van der Waals surface area (Å²) >= 11 is 0. The molecule has 2 aromatic rings. The van der Waals surface area contributed by atoms with Crippen molar-refractivity contribution >= 4 is 11.5 Å². The Morgan fingerprint density at radius 2 is 2.04 bits per heavy atom. The summed E-state index contributed by atoms with van der Waals surface area (Å²) in [6.07, 6.45) is 2.48. The number of hydrogen-bond donors (Lipinski definition) is 2. The second-order valence-corrected chi connectivity index (χ2v) is 6.96. The number of nitrogens with one attached hydrogen (secondary N) is 1. The first-order valence-corrected chi connectivity index (χ1v) is 8.34. The van der Waals surface area contributed by atoms with Crippen LogP contribution in [0.3, 0.4) is 0 Å². The number of para-hydroxylation sites is 1. The number of ether oxygens (including phenoxy) is 1. The quantitative estimate of drug-likeness (QED) is 0.664. The number of methoxy groups -OCH3 is 1. The third kappa shape index (κ3) is 3.59. The molecule has 0 radical (unpaired) electrons. The summed E-state index contributed by atoms with van der Waals surface area (Å²) < 4.78 is 5.30. The van der Waals surface area contributed by atoms with Gasteiger partial charge in [0.15, 0.2) is 5.78 Å². The first-order chi connectivity index (χ1) is 11.9. The Morgan fingerprint density at radius 3 is 2.76 bits per heavy atom. The van der Waals surface area contributed by atoms with Crippen molar-refractivity contribution < 1.29 is 14.6 Å². The Kier molecular flexibility index (Phi) is 4.64. The van der Waals surface area contributed by atoms with E-state index < -0.39 is 0 Å². The van der Waals surface area contributed by atoms with Gasteiger partial charge < -0.3 is 15.2 Å². The SMILES string of the molecule is COc1ccccc1C(=O)/C=C1\NC(C)(C)Cc2ccc(CO)cc21. The molecule has 0 spiro atoms. The summed E-state index contributed by atoms with van der Waals surface area (Å²) in [7, 11) is 1.56. The lowest BCUT2D eigenvalue weighted by Crippen LogP contribution is -2.43. The molecular formula is C21H23NO3. The molecule has 0 unspecified atom stereocenters. The van der Waals surface area contributed by atoms with E-state index in [-0.39, 0.29) is 17.9 Å². The van der Waals surface area contributed by atoms with Gasteiger partial charge in [0.2, 0.25) is 0 Å². The van der Waals surface area contributed by atoms with E-state index in [1.165, 1.54) is 5.56 Å². The van der Waals surface area contributed by atoms with Gasteiger partial charge in [-0.05, 0) is 49.6 Å². The molecule has 2 N–H and O–H groups in total. The van der Waals surface area contributed by atoms with Gasteiger partial charge in [0, 0.05) is 22.9 Å². The summed E-state index contributed by atoms with van der Waals surface area (Å²) in [6.45, 7) is 4.19. The van der Waals surface area contributed by atoms with Crippen molar-refractivity contribution in [3.05, 3.63) is 70.8 Å². The van der Waals surface area contributed by atoms with Crippen LogP contribution in [0.25, 0.3) is 5.70 Å². The molecule has 2 aromatic carbocycles. The molecule has 4 nitrogen and oxygen atoms in total. The predicted octanol–water partition coefficient (Wildman–Crippen LogP) is 3.34. The third-order valence-corrected chi connectivity index (χ3v) is 4.40. The standard InChI is InChI=1S/C21H23NO3/c1-21(2)12-15-9-8-14(13-23)10-17(15)18(22-21)11-19(24)16-6-4-5-7-20(16)25-3/h4-11,22-23H,12-13H2,1-3H3/b18-11-. The third-order valence-electron chi connectivity index (χ3n) is 4.40. The molecule has 25 heavy (non-hydrogen) atoms. The Bertz CT molecular complexity index is 837. The Hall–Kier alpha value is -2.59. The molecule has 1 aliphatic heterocycles. The molecule has 0 aliphatic carbocycles. The van der Waals surface area contributed by atoms with Crippen molar-refractivity contribution in [3.63, 3.8) is 0 Å². The summed E-state index contributed by atoms with van der Waals surface area (Å²) in [6, 6.07) is 13.1. The lowest BCUT2D eigenvalue weighted by molar-refractivity contribution is 0.104. The van der Waals surface area contributed by atoms with Gasteiger partial charge in [-0.2, -0.15) is 0 Å². The van der Waals surface area contributed by atoms with Crippen LogP contribution in [0.5, 0.6) is 5.75 Å². The molecule has 3 rings (SSSR count). The number of rotatable bonds is 4. The molecule has 0 saturated carbocycles. The summed E-state index contributed by atoms with van der Waals surface area (Å²) in [5.41, 5.74) is 4.12. The highest BCUT2D eigenvalue weighted by molar-refractivity contribution is 6.10. The molecule has 0 bridgehead atoms. The zero-order chi connectivity index (χ0) is 18.0. The van der Waals surface area contributed by atoms with Gasteiger partial charge in [0.25, 0.3) is 0 Å². The Morgan fingerprint density at radius 1 is 1.28 bits per heavy atom. The van der Waals surface area contributed by atoms with Crippen LogP contribution in [0.1, 0.15) is 40.9 Å². The lowest BCUT2D eigenvalue weighted by atomic mass is 9.84. The monoisotopic (exact) mass is 337 g/mol. The van der Waals surface area contributed by atoms with Crippen molar-refractivity contribution in [2.45, 2.75) is 32.4 Å². The van der Waals surface area contributed by atoms with Crippen molar-refractivity contribution in [1.82, 2.24) is 5.32 Å². The minimum Gasteiger partial charge on any atom is -0.496 e. The van der Waals surface area contributed by atoms with E-state index >= 15 is 0 Å². The number of ketones is 1. The molecule has 1 aliphatic rings. The van der Waals surface area contributed by atoms with E-state index in [9.17, 15) is 9.90 Å². The molecule has 0 saturated heterocycles. The first kappa shape index (κ1) is 17.2. The van der Waals surface area contributed by atoms with Crippen molar-refractivity contribution in [2.24, 2.45) is 0 Å². The van der Waals surface area contributed by atoms with Gasteiger partial charge in [-0.25, -0.2) is 0 Å². The highest BCUT2D eigenvalue weighted by Crippen LogP contribution is 2.31. The van der Waals surface area contributed by atoms with Crippen LogP contribution in [0.2, 0.25) is 0 Å². The summed E-state index contributed by atoms with van der Waals surface area (Å²) in [4.78, 5) is 12.8. The molecule has 0 amide bonds. The maximum absolute atomic E-state index is 12.8. The zero-order valence-corrected chi connectivity index (χ0v) is 14.8. The van der Waals surface area contributed by atoms with Crippen LogP contribution in [0.4, 0.5) is 0 Å². The van der Waals surface area contributed by atoms with Crippen LogP contribution in [0.15, 0.2) is 48.5 Å². The number of carbonyl (C=O) groups excluding carboxylic acids is 1. The molecule has 4 heteroatoms. The number of benzene rings is 2. The Labute approximate surface area is 148 Å². The highest BCUT2D eigenvalue weighted by atomic mass is 16.5. The average Bonchev–Trinajstić information content (AvgIpc) is 2.60. The van der Waals surface area contributed by atoms with Crippen LogP contribution < -0.4 is 10.1 Å². The van der Waals surface area contributed by atoms with Crippen LogP contribution in [-0.2, 0) is 13.0 Å². The largest absolute Gasteiger partial charge is 0.496 e. The number of fused-ring (bicyclic) bond motifs is 1. The highest BCUT2D eigenvalue weighted by Gasteiger charge is 2.28. The van der Waals surface area contributed by atoms with Crippen molar-refractivity contribution in [1.29, 1.82) is 0 Å². The molecule has 0 aromatic heterocycles. The van der Waals surface area contributed by atoms with Gasteiger partial charge in [-0.1, -0.05) is 24.3 Å². The van der Waals surface area contributed by atoms with E-state index in [0.29, 0.717) is 11.3 Å². The average molecular weight is 337 g/mol. The zero-order valence-electron chi connectivity index (χ0n) is 14.8. The fraction of sp³-hybridized carbons (Fsp3) is 0.286. The second kappa shape index (κ2) is 6.73. The van der Waals surface area contributed by atoms with E-state index in [1.54, 1.807) is 25.3 Å². The molecular weight excluding hydrogens is 314 g/mol. The predicted molar refractivity (Wildman–Crippen MR) is 98.6 cm³/mol. The van der Waals surface area contributed by atoms with Crippen molar-refractivity contribution in [2.75, 3.05) is 7.11 Å². The van der Waals surface area contributed by atoms with E-state index in [1.807, 2.05) is 30.3 Å². The van der Waals surface area contributed by atoms with E-state index in [2.05, 4.69) is 19.2 Å². The normalized spacial score (nSPS) is 16.9. The summed E-state index contributed by atoms with van der Waals surface area (Å²) in [5.74, 6) is 0.446. The first-order valence-electron chi connectivity index (χ1n) is 8.34. The maximum atomic E-state index is 12.8. The molecule has 0 atom stereocenters. The lowest BCUT2D eigenvalue weighted by Gasteiger charge is -2.36. The van der Waals surface area contributed by atoms with Crippen LogP contribution in [0, 0.1) is 0 Å². The smallest absolute Gasteiger partial charge is 0.191 e.